The molecule has 0 aromatic carbocycles. The molecule has 12 heavy (non-hydrogen) atoms. The maximum atomic E-state index is 10.8. The maximum absolute atomic E-state index is 10.8. The molecule has 1 atom stereocenters. The van der Waals surface area contributed by atoms with E-state index in [4.69, 9.17) is 0 Å². The standard InChI is InChI=1S/C6H12N2O3S/c1-12(10,11)7-6-2-3-8(4-6)5-9/h5-7H,2-4H2,1H3. The molecular weight excluding hydrogens is 180 g/mol. The predicted molar refractivity (Wildman–Crippen MR) is 44.0 cm³/mol. The van der Waals surface area contributed by atoms with Crippen molar-refractivity contribution in [1.29, 1.82) is 0 Å². The fourth-order valence-electron chi connectivity index (χ4n) is 1.28. The van der Waals surface area contributed by atoms with Crippen LogP contribution in [0, 0.1) is 0 Å². The lowest BCUT2D eigenvalue weighted by Gasteiger charge is -2.10. The van der Waals surface area contributed by atoms with E-state index >= 15 is 0 Å². The number of sulfonamides is 1. The van der Waals surface area contributed by atoms with Gasteiger partial charge < -0.3 is 4.90 Å². The van der Waals surface area contributed by atoms with Crippen molar-refractivity contribution in [3.05, 3.63) is 0 Å². The first-order valence-corrected chi connectivity index (χ1v) is 5.57. The Kier molecular flexibility index (Phi) is 2.69. The van der Waals surface area contributed by atoms with Crippen LogP contribution in [0.25, 0.3) is 0 Å². The molecule has 0 radical (unpaired) electrons. The van der Waals surface area contributed by atoms with Gasteiger partial charge in [-0.25, -0.2) is 13.1 Å². The van der Waals surface area contributed by atoms with Gasteiger partial charge in [-0.15, -0.1) is 0 Å². The first-order chi connectivity index (χ1) is 5.51. The number of hydrogen-bond acceptors (Lipinski definition) is 3. The number of nitrogens with zero attached hydrogens (tertiary/aromatic N) is 1. The summed E-state index contributed by atoms with van der Waals surface area (Å²) in [6.07, 6.45) is 2.56. The van der Waals surface area contributed by atoms with Crippen LogP contribution >= 0.6 is 0 Å². The Hall–Kier alpha value is -0.620. The fourth-order valence-corrected chi connectivity index (χ4v) is 2.08. The van der Waals surface area contributed by atoms with Crippen molar-refractivity contribution in [1.82, 2.24) is 9.62 Å². The highest BCUT2D eigenvalue weighted by Crippen LogP contribution is 2.06. The van der Waals surface area contributed by atoms with Crippen molar-refractivity contribution in [3.63, 3.8) is 0 Å². The Morgan fingerprint density at radius 2 is 2.25 bits per heavy atom. The van der Waals surface area contributed by atoms with Gasteiger partial charge in [0.2, 0.25) is 16.4 Å². The second-order valence-corrected chi connectivity index (χ2v) is 4.76. The molecule has 1 aliphatic rings. The summed E-state index contributed by atoms with van der Waals surface area (Å²) in [7, 11) is -3.13. The molecule has 0 aliphatic carbocycles. The highest BCUT2D eigenvalue weighted by Gasteiger charge is 2.23. The molecule has 1 N–H and O–H groups in total. The van der Waals surface area contributed by atoms with Gasteiger partial charge in [-0.3, -0.25) is 4.79 Å². The first kappa shape index (κ1) is 9.47. The van der Waals surface area contributed by atoms with Gasteiger partial charge in [-0.2, -0.15) is 0 Å². The molecule has 1 rings (SSSR count). The van der Waals surface area contributed by atoms with E-state index < -0.39 is 10.0 Å². The second-order valence-electron chi connectivity index (χ2n) is 2.98. The van der Waals surface area contributed by atoms with Crippen molar-refractivity contribution >= 4 is 16.4 Å². The topological polar surface area (TPSA) is 66.5 Å². The van der Waals surface area contributed by atoms with Gasteiger partial charge in [0.05, 0.1) is 6.26 Å². The van der Waals surface area contributed by atoms with Crippen LogP contribution in [-0.4, -0.2) is 45.1 Å². The van der Waals surface area contributed by atoms with Crippen molar-refractivity contribution in [2.24, 2.45) is 0 Å². The van der Waals surface area contributed by atoms with E-state index in [1.54, 1.807) is 4.90 Å². The minimum absolute atomic E-state index is 0.106. The maximum Gasteiger partial charge on any atom is 0.209 e. The van der Waals surface area contributed by atoms with Crippen LogP contribution in [0.3, 0.4) is 0 Å². The van der Waals surface area contributed by atoms with Gasteiger partial charge in [0.1, 0.15) is 0 Å². The summed E-state index contributed by atoms with van der Waals surface area (Å²) in [5.74, 6) is 0. The summed E-state index contributed by atoms with van der Waals surface area (Å²) in [5, 5.41) is 0. The molecule has 0 bridgehead atoms. The van der Waals surface area contributed by atoms with Crippen LogP contribution in [0.2, 0.25) is 0 Å². The van der Waals surface area contributed by atoms with Crippen LogP contribution in [0.4, 0.5) is 0 Å². The third-order valence-corrected chi connectivity index (χ3v) is 2.51. The zero-order chi connectivity index (χ0) is 9.19. The van der Waals surface area contributed by atoms with Crippen molar-refractivity contribution in [3.8, 4) is 0 Å². The second kappa shape index (κ2) is 3.40. The average molecular weight is 192 g/mol. The Labute approximate surface area is 71.8 Å². The minimum atomic E-state index is -3.13. The number of hydrogen-bond donors (Lipinski definition) is 1. The fraction of sp³-hybridized carbons (Fsp3) is 0.833. The third-order valence-electron chi connectivity index (χ3n) is 1.75. The molecule has 1 saturated heterocycles. The van der Waals surface area contributed by atoms with Crippen LogP contribution in [0.5, 0.6) is 0 Å². The van der Waals surface area contributed by atoms with E-state index in [-0.39, 0.29) is 6.04 Å². The van der Waals surface area contributed by atoms with Gasteiger partial charge in [0.15, 0.2) is 0 Å². The number of amides is 1. The van der Waals surface area contributed by atoms with E-state index in [1.807, 2.05) is 0 Å². The van der Waals surface area contributed by atoms with Crippen LogP contribution in [0.1, 0.15) is 6.42 Å². The van der Waals surface area contributed by atoms with Crippen molar-refractivity contribution < 1.29 is 13.2 Å². The molecule has 0 saturated carbocycles. The SMILES string of the molecule is CS(=O)(=O)NC1CCN(C=O)C1. The van der Waals surface area contributed by atoms with Gasteiger partial charge in [0.25, 0.3) is 0 Å². The molecule has 1 aliphatic heterocycles. The van der Waals surface area contributed by atoms with E-state index in [0.29, 0.717) is 19.5 Å². The van der Waals surface area contributed by atoms with Crippen molar-refractivity contribution in [2.45, 2.75) is 12.5 Å². The lowest BCUT2D eigenvalue weighted by molar-refractivity contribution is -0.117. The quantitative estimate of drug-likeness (QED) is 0.569. The van der Waals surface area contributed by atoms with E-state index in [2.05, 4.69) is 4.72 Å². The number of likely N-dealkylation sites (tertiary alicyclic amines) is 1. The minimum Gasteiger partial charge on any atom is -0.344 e. The largest absolute Gasteiger partial charge is 0.344 e. The summed E-state index contributed by atoms with van der Waals surface area (Å²) < 4.78 is 24.0. The Morgan fingerprint density at radius 3 is 2.67 bits per heavy atom. The zero-order valence-corrected chi connectivity index (χ0v) is 7.67. The van der Waals surface area contributed by atoms with Gasteiger partial charge in [-0.1, -0.05) is 0 Å². The van der Waals surface area contributed by atoms with Crippen LogP contribution in [-0.2, 0) is 14.8 Å². The summed E-state index contributed by atoms with van der Waals surface area (Å²) >= 11 is 0. The Balaban J connectivity index is 2.43. The highest BCUT2D eigenvalue weighted by molar-refractivity contribution is 7.88. The zero-order valence-electron chi connectivity index (χ0n) is 6.86. The summed E-state index contributed by atoms with van der Waals surface area (Å²) in [4.78, 5) is 11.8. The first-order valence-electron chi connectivity index (χ1n) is 3.68. The molecular formula is C6H12N2O3S. The highest BCUT2D eigenvalue weighted by atomic mass is 32.2. The molecule has 6 heteroatoms. The van der Waals surface area contributed by atoms with E-state index in [9.17, 15) is 13.2 Å². The summed E-state index contributed by atoms with van der Waals surface area (Å²) in [6, 6.07) is -0.106. The number of carbonyl (C=O) groups is 1. The molecule has 70 valence electrons. The van der Waals surface area contributed by atoms with Gasteiger partial charge in [-0.05, 0) is 6.42 Å². The molecule has 1 fully saturated rings. The Morgan fingerprint density at radius 1 is 1.58 bits per heavy atom. The van der Waals surface area contributed by atoms with Gasteiger partial charge >= 0.3 is 0 Å². The molecule has 0 spiro atoms. The van der Waals surface area contributed by atoms with Crippen molar-refractivity contribution in [2.75, 3.05) is 19.3 Å². The number of nitrogens with one attached hydrogen (secondary N) is 1. The predicted octanol–water partition coefficient (Wildman–Crippen LogP) is -1.23. The van der Waals surface area contributed by atoms with Gasteiger partial charge in [0, 0.05) is 19.1 Å². The average Bonchev–Trinajstić information content (AvgIpc) is 2.32. The molecule has 1 amide bonds. The molecule has 1 unspecified atom stereocenters. The summed E-state index contributed by atoms with van der Waals surface area (Å²) in [6.45, 7) is 1.12. The lowest BCUT2D eigenvalue weighted by Crippen LogP contribution is -2.36. The number of carbonyl (C=O) groups excluding carboxylic acids is 1. The molecule has 0 aromatic rings. The Bertz CT molecular complexity index is 262. The molecule has 1 heterocycles. The molecule has 5 nitrogen and oxygen atoms in total. The summed E-state index contributed by atoms with van der Waals surface area (Å²) in [5.41, 5.74) is 0. The van der Waals surface area contributed by atoms with Crippen LogP contribution in [0.15, 0.2) is 0 Å². The lowest BCUT2D eigenvalue weighted by atomic mass is 10.3. The van der Waals surface area contributed by atoms with E-state index in [1.165, 1.54) is 0 Å². The van der Waals surface area contributed by atoms with E-state index in [0.717, 1.165) is 12.7 Å². The third kappa shape index (κ3) is 2.78. The monoisotopic (exact) mass is 192 g/mol. The normalized spacial score (nSPS) is 24.4. The van der Waals surface area contributed by atoms with Crippen LogP contribution < -0.4 is 4.72 Å². The number of rotatable bonds is 3. The molecule has 0 aromatic heterocycles. The smallest absolute Gasteiger partial charge is 0.209 e.